The number of fused-ring (bicyclic) bond motifs is 1. The Bertz CT molecular complexity index is 1160. The molecule has 0 aliphatic carbocycles. The average molecular weight is 415 g/mol. The van der Waals surface area contributed by atoms with Gasteiger partial charge in [-0.25, -0.2) is 9.50 Å². The maximum absolute atomic E-state index is 5.75. The van der Waals surface area contributed by atoms with Gasteiger partial charge in [-0.3, -0.25) is 0 Å². The number of piperazine rings is 1. The smallest absolute Gasteiger partial charge is 0.240 e. The van der Waals surface area contributed by atoms with Gasteiger partial charge in [-0.1, -0.05) is 30.3 Å². The van der Waals surface area contributed by atoms with Crippen molar-refractivity contribution in [3.05, 3.63) is 66.4 Å². The molecule has 1 aliphatic rings. The van der Waals surface area contributed by atoms with E-state index in [-0.39, 0.29) is 5.95 Å². The van der Waals surface area contributed by atoms with Crippen molar-refractivity contribution in [2.75, 3.05) is 49.2 Å². The number of nitrogen functional groups attached to an aromatic ring is 1. The molecule has 1 aliphatic heterocycles. The SMILES string of the molecule is CN1CCN(c2ccc(NCc3ccc(-c4cccc5nc(N)nn45)cc3)cn2)CC1. The van der Waals surface area contributed by atoms with Crippen molar-refractivity contribution >= 4 is 23.1 Å². The maximum Gasteiger partial charge on any atom is 0.240 e. The van der Waals surface area contributed by atoms with Gasteiger partial charge >= 0.3 is 0 Å². The summed E-state index contributed by atoms with van der Waals surface area (Å²) in [7, 11) is 2.16. The summed E-state index contributed by atoms with van der Waals surface area (Å²) in [6.45, 7) is 4.94. The van der Waals surface area contributed by atoms with Crippen molar-refractivity contribution in [2.24, 2.45) is 0 Å². The fourth-order valence-corrected chi connectivity index (χ4v) is 3.85. The lowest BCUT2D eigenvalue weighted by Crippen LogP contribution is -2.44. The topological polar surface area (TPSA) is 87.6 Å². The van der Waals surface area contributed by atoms with Crippen LogP contribution in [0.4, 0.5) is 17.5 Å². The van der Waals surface area contributed by atoms with Crippen LogP contribution in [0.1, 0.15) is 5.56 Å². The number of anilines is 3. The van der Waals surface area contributed by atoms with Crippen LogP contribution in [0.5, 0.6) is 0 Å². The molecule has 0 amide bonds. The molecule has 0 radical (unpaired) electrons. The van der Waals surface area contributed by atoms with Crippen LogP contribution in [0, 0.1) is 0 Å². The van der Waals surface area contributed by atoms with Crippen LogP contribution in [0.25, 0.3) is 16.9 Å². The van der Waals surface area contributed by atoms with E-state index in [1.54, 1.807) is 4.52 Å². The summed E-state index contributed by atoms with van der Waals surface area (Å²) >= 11 is 0. The Hall–Kier alpha value is -3.65. The second kappa shape index (κ2) is 8.23. The van der Waals surface area contributed by atoms with Crippen molar-refractivity contribution in [3.8, 4) is 11.3 Å². The fraction of sp³-hybridized carbons (Fsp3) is 0.261. The molecule has 5 rings (SSSR count). The molecular weight excluding hydrogens is 388 g/mol. The normalized spacial score (nSPS) is 14.8. The number of nitrogens with one attached hydrogen (secondary N) is 1. The van der Waals surface area contributed by atoms with Gasteiger partial charge in [0.2, 0.25) is 5.95 Å². The Morgan fingerprint density at radius 1 is 0.968 bits per heavy atom. The van der Waals surface area contributed by atoms with E-state index in [0.717, 1.165) is 61.1 Å². The maximum atomic E-state index is 5.75. The minimum Gasteiger partial charge on any atom is -0.380 e. The van der Waals surface area contributed by atoms with Gasteiger partial charge in [0, 0.05) is 38.3 Å². The first-order valence-corrected chi connectivity index (χ1v) is 10.5. The van der Waals surface area contributed by atoms with E-state index in [4.69, 9.17) is 5.73 Å². The van der Waals surface area contributed by atoms with Gasteiger partial charge in [0.25, 0.3) is 0 Å². The summed E-state index contributed by atoms with van der Waals surface area (Å²) in [6, 6.07) is 18.5. The Morgan fingerprint density at radius 3 is 2.52 bits per heavy atom. The van der Waals surface area contributed by atoms with Gasteiger partial charge < -0.3 is 20.9 Å². The van der Waals surface area contributed by atoms with Crippen LogP contribution < -0.4 is 16.0 Å². The van der Waals surface area contributed by atoms with E-state index >= 15 is 0 Å². The number of pyridine rings is 2. The number of rotatable bonds is 5. The molecule has 0 spiro atoms. The van der Waals surface area contributed by atoms with Crippen molar-refractivity contribution in [3.63, 3.8) is 0 Å². The highest BCUT2D eigenvalue weighted by atomic mass is 15.3. The molecule has 0 unspecified atom stereocenters. The summed E-state index contributed by atoms with van der Waals surface area (Å²) in [5.41, 5.74) is 10.7. The molecule has 8 nitrogen and oxygen atoms in total. The van der Waals surface area contributed by atoms with Gasteiger partial charge in [-0.15, -0.1) is 5.10 Å². The number of likely N-dealkylation sites (N-methyl/N-ethyl adjacent to an activating group) is 1. The highest BCUT2D eigenvalue weighted by molar-refractivity contribution is 5.64. The van der Waals surface area contributed by atoms with Crippen LogP contribution in [0.3, 0.4) is 0 Å². The number of hydrogen-bond donors (Lipinski definition) is 2. The van der Waals surface area contributed by atoms with Crippen LogP contribution in [0.2, 0.25) is 0 Å². The van der Waals surface area contributed by atoms with Gasteiger partial charge in [0.15, 0.2) is 5.65 Å². The lowest BCUT2D eigenvalue weighted by Gasteiger charge is -2.33. The molecule has 4 aromatic rings. The zero-order chi connectivity index (χ0) is 21.2. The molecule has 0 saturated carbocycles. The molecule has 0 atom stereocenters. The third kappa shape index (κ3) is 4.15. The molecule has 3 aromatic heterocycles. The molecule has 158 valence electrons. The number of hydrogen-bond acceptors (Lipinski definition) is 7. The Kier molecular flexibility index (Phi) is 5.13. The predicted molar refractivity (Wildman–Crippen MR) is 124 cm³/mol. The first-order valence-electron chi connectivity index (χ1n) is 10.5. The third-order valence-electron chi connectivity index (χ3n) is 5.70. The molecule has 1 aromatic carbocycles. The number of benzene rings is 1. The summed E-state index contributed by atoms with van der Waals surface area (Å²) in [6.07, 6.45) is 1.91. The van der Waals surface area contributed by atoms with E-state index in [1.807, 2.05) is 24.4 Å². The van der Waals surface area contributed by atoms with E-state index in [2.05, 4.69) is 73.6 Å². The number of nitrogens with zero attached hydrogens (tertiary/aromatic N) is 6. The van der Waals surface area contributed by atoms with Gasteiger partial charge in [0.1, 0.15) is 5.82 Å². The van der Waals surface area contributed by atoms with Crippen molar-refractivity contribution in [2.45, 2.75) is 6.54 Å². The lowest BCUT2D eigenvalue weighted by molar-refractivity contribution is 0.312. The quantitative estimate of drug-likeness (QED) is 0.519. The molecule has 0 bridgehead atoms. The summed E-state index contributed by atoms with van der Waals surface area (Å²) in [5, 5.41) is 7.75. The molecular formula is C23H26N8. The van der Waals surface area contributed by atoms with Gasteiger partial charge in [0.05, 0.1) is 17.6 Å². The van der Waals surface area contributed by atoms with Gasteiger partial charge in [-0.2, -0.15) is 4.98 Å². The molecule has 1 fully saturated rings. The average Bonchev–Trinajstić information content (AvgIpc) is 3.19. The zero-order valence-electron chi connectivity index (χ0n) is 17.6. The first-order chi connectivity index (χ1) is 15.2. The van der Waals surface area contributed by atoms with Crippen molar-refractivity contribution < 1.29 is 0 Å². The minimum absolute atomic E-state index is 0.278. The van der Waals surface area contributed by atoms with Crippen molar-refractivity contribution in [1.29, 1.82) is 0 Å². The summed E-state index contributed by atoms with van der Waals surface area (Å²) in [5.74, 6) is 1.33. The van der Waals surface area contributed by atoms with E-state index in [0.29, 0.717) is 0 Å². The number of nitrogens with two attached hydrogens (primary N) is 1. The highest BCUT2D eigenvalue weighted by Gasteiger charge is 2.15. The number of aromatic nitrogens is 4. The molecule has 3 N–H and O–H groups in total. The Morgan fingerprint density at radius 2 is 1.77 bits per heavy atom. The monoisotopic (exact) mass is 414 g/mol. The van der Waals surface area contributed by atoms with E-state index < -0.39 is 0 Å². The second-order valence-corrected chi connectivity index (χ2v) is 7.90. The fourth-order valence-electron chi connectivity index (χ4n) is 3.85. The zero-order valence-corrected chi connectivity index (χ0v) is 17.6. The van der Waals surface area contributed by atoms with Crippen LogP contribution in [0.15, 0.2) is 60.8 Å². The van der Waals surface area contributed by atoms with Crippen LogP contribution in [-0.2, 0) is 6.54 Å². The third-order valence-corrected chi connectivity index (χ3v) is 5.70. The second-order valence-electron chi connectivity index (χ2n) is 7.90. The molecule has 8 heteroatoms. The van der Waals surface area contributed by atoms with Crippen LogP contribution >= 0.6 is 0 Å². The van der Waals surface area contributed by atoms with Crippen molar-refractivity contribution in [1.82, 2.24) is 24.5 Å². The minimum atomic E-state index is 0.278. The molecule has 4 heterocycles. The van der Waals surface area contributed by atoms with Gasteiger partial charge in [-0.05, 0) is 36.9 Å². The molecule has 31 heavy (non-hydrogen) atoms. The Labute approximate surface area is 181 Å². The molecule has 1 saturated heterocycles. The predicted octanol–water partition coefficient (Wildman–Crippen LogP) is 2.74. The van der Waals surface area contributed by atoms with E-state index in [1.165, 1.54) is 5.56 Å². The van der Waals surface area contributed by atoms with Crippen LogP contribution in [-0.4, -0.2) is 57.7 Å². The summed E-state index contributed by atoms with van der Waals surface area (Å²) in [4.78, 5) is 13.6. The largest absolute Gasteiger partial charge is 0.380 e. The first kappa shape index (κ1) is 19.3. The Balaban J connectivity index is 1.23. The highest BCUT2D eigenvalue weighted by Crippen LogP contribution is 2.22. The van der Waals surface area contributed by atoms with E-state index in [9.17, 15) is 0 Å². The summed E-state index contributed by atoms with van der Waals surface area (Å²) < 4.78 is 1.77. The lowest BCUT2D eigenvalue weighted by atomic mass is 10.1. The standard InChI is InChI=1S/C23H26N8/c1-29-11-13-30(14-12-29)21-10-9-19(16-26-21)25-15-17-5-7-18(8-6-17)20-3-2-4-22-27-23(24)28-31(20)22/h2-10,16,25H,11-15H2,1H3,(H2,24,28).